The largest absolute Gasteiger partial charge is 0.369 e. The van der Waals surface area contributed by atoms with Gasteiger partial charge in [-0.05, 0) is 37.6 Å². The number of hydrogen-bond acceptors (Lipinski definition) is 3. The average molecular weight is 405 g/mol. The van der Waals surface area contributed by atoms with E-state index in [1.807, 2.05) is 19.4 Å². The Morgan fingerprint density at radius 1 is 1.36 bits per heavy atom. The van der Waals surface area contributed by atoms with Crippen molar-refractivity contribution in [1.82, 2.24) is 20.4 Å². The van der Waals surface area contributed by atoms with Crippen molar-refractivity contribution in [2.75, 3.05) is 24.5 Å². The third kappa shape index (κ3) is 4.98. The molecule has 0 saturated carbocycles. The second-order valence-corrected chi connectivity index (χ2v) is 7.19. The van der Waals surface area contributed by atoms with Crippen LogP contribution < -0.4 is 15.5 Å². The molecule has 7 heteroatoms. The van der Waals surface area contributed by atoms with Crippen molar-refractivity contribution in [3.05, 3.63) is 46.7 Å². The highest BCUT2D eigenvalue weighted by Crippen LogP contribution is 2.22. The second-order valence-electron chi connectivity index (χ2n) is 6.27. The molecular formula is C18H25BrN6. The van der Waals surface area contributed by atoms with Gasteiger partial charge in [-0.3, -0.25) is 4.68 Å². The van der Waals surface area contributed by atoms with Crippen LogP contribution in [0.3, 0.4) is 0 Å². The fraction of sp³-hybridized carbons (Fsp3) is 0.444. The lowest BCUT2D eigenvalue weighted by Gasteiger charge is -2.20. The molecule has 25 heavy (non-hydrogen) atoms. The molecule has 2 N–H and O–H groups in total. The molecule has 3 rings (SSSR count). The van der Waals surface area contributed by atoms with Crippen molar-refractivity contribution in [3.63, 3.8) is 0 Å². The molecule has 6 nitrogen and oxygen atoms in total. The number of aromatic nitrogens is 2. The van der Waals surface area contributed by atoms with E-state index < -0.39 is 0 Å². The molecule has 1 aromatic heterocycles. The number of rotatable bonds is 5. The fourth-order valence-electron chi connectivity index (χ4n) is 3.00. The van der Waals surface area contributed by atoms with Gasteiger partial charge < -0.3 is 15.5 Å². The van der Waals surface area contributed by atoms with Gasteiger partial charge in [0.1, 0.15) is 0 Å². The van der Waals surface area contributed by atoms with E-state index in [1.165, 1.54) is 5.69 Å². The summed E-state index contributed by atoms with van der Waals surface area (Å²) >= 11 is 3.49. The quantitative estimate of drug-likeness (QED) is 0.593. The molecule has 0 radical (unpaired) electrons. The normalized spacial score (nSPS) is 17.8. The monoisotopic (exact) mass is 404 g/mol. The first-order valence-electron chi connectivity index (χ1n) is 8.67. The number of hydrogen-bond donors (Lipinski definition) is 2. The van der Waals surface area contributed by atoms with E-state index in [9.17, 15) is 0 Å². The molecular weight excluding hydrogens is 380 g/mol. The van der Waals surface area contributed by atoms with Gasteiger partial charge in [-0.25, -0.2) is 4.99 Å². The van der Waals surface area contributed by atoms with Gasteiger partial charge >= 0.3 is 0 Å². The maximum absolute atomic E-state index is 4.69. The predicted molar refractivity (Wildman–Crippen MR) is 106 cm³/mol. The van der Waals surface area contributed by atoms with Crippen LogP contribution in [0.1, 0.15) is 18.9 Å². The number of nitrogens with one attached hydrogen (secondary N) is 2. The summed E-state index contributed by atoms with van der Waals surface area (Å²) in [5, 5.41) is 11.1. The zero-order valence-electron chi connectivity index (χ0n) is 14.7. The third-order valence-electron chi connectivity index (χ3n) is 4.24. The van der Waals surface area contributed by atoms with E-state index >= 15 is 0 Å². The zero-order chi connectivity index (χ0) is 17.6. The van der Waals surface area contributed by atoms with Crippen LogP contribution in [0.4, 0.5) is 5.69 Å². The average Bonchev–Trinajstić information content (AvgIpc) is 3.23. The number of guanidine groups is 1. The summed E-state index contributed by atoms with van der Waals surface area (Å²) in [7, 11) is 1.92. The molecule has 2 heterocycles. The van der Waals surface area contributed by atoms with Gasteiger partial charge in [0.2, 0.25) is 0 Å². The Bertz CT molecular complexity index is 709. The maximum atomic E-state index is 4.69. The van der Waals surface area contributed by atoms with Gasteiger partial charge in [0, 0.05) is 54.6 Å². The summed E-state index contributed by atoms with van der Waals surface area (Å²) < 4.78 is 2.92. The number of anilines is 1. The molecule has 0 aliphatic carbocycles. The van der Waals surface area contributed by atoms with Gasteiger partial charge in [0.25, 0.3) is 0 Å². The first kappa shape index (κ1) is 17.8. The number of aliphatic imine (C=N–C) groups is 1. The van der Waals surface area contributed by atoms with Crippen molar-refractivity contribution < 1.29 is 0 Å². The Labute approximate surface area is 157 Å². The van der Waals surface area contributed by atoms with Crippen LogP contribution in [-0.4, -0.2) is 41.4 Å². The molecule has 1 fully saturated rings. The first-order valence-corrected chi connectivity index (χ1v) is 9.46. The van der Waals surface area contributed by atoms with E-state index in [-0.39, 0.29) is 0 Å². The number of benzene rings is 1. The van der Waals surface area contributed by atoms with Crippen LogP contribution in [0, 0.1) is 0 Å². The highest BCUT2D eigenvalue weighted by Gasteiger charge is 2.23. The molecule has 134 valence electrons. The Hall–Kier alpha value is -2.02. The summed E-state index contributed by atoms with van der Waals surface area (Å²) in [5.41, 5.74) is 2.38. The van der Waals surface area contributed by atoms with E-state index in [1.54, 1.807) is 4.68 Å². The molecule has 2 aromatic rings. The smallest absolute Gasteiger partial charge is 0.191 e. The number of halogens is 1. The van der Waals surface area contributed by atoms with E-state index in [2.05, 4.69) is 72.7 Å². The zero-order valence-corrected chi connectivity index (χ0v) is 16.3. The van der Waals surface area contributed by atoms with Crippen molar-refractivity contribution in [3.8, 4) is 0 Å². The topological polar surface area (TPSA) is 57.5 Å². The van der Waals surface area contributed by atoms with Gasteiger partial charge in [-0.2, -0.15) is 5.10 Å². The van der Waals surface area contributed by atoms with Crippen molar-refractivity contribution in [2.24, 2.45) is 12.0 Å². The Kier molecular flexibility index (Phi) is 5.96. The summed E-state index contributed by atoms with van der Waals surface area (Å²) in [6.45, 7) is 5.61. The minimum absolute atomic E-state index is 0.398. The van der Waals surface area contributed by atoms with Crippen LogP contribution in [0.15, 0.2) is 46.1 Å². The van der Waals surface area contributed by atoms with Gasteiger partial charge in [-0.15, -0.1) is 0 Å². The summed E-state index contributed by atoms with van der Waals surface area (Å²) in [4.78, 5) is 7.10. The van der Waals surface area contributed by atoms with Crippen molar-refractivity contribution >= 4 is 27.6 Å². The highest BCUT2D eigenvalue weighted by molar-refractivity contribution is 9.10. The Morgan fingerprint density at radius 2 is 2.16 bits per heavy atom. The molecule has 0 spiro atoms. The Balaban J connectivity index is 1.58. The van der Waals surface area contributed by atoms with Crippen LogP contribution in [0.25, 0.3) is 0 Å². The van der Waals surface area contributed by atoms with Crippen molar-refractivity contribution in [2.45, 2.75) is 25.9 Å². The number of aryl methyl sites for hydroxylation is 1. The number of nitrogens with zero attached hydrogens (tertiary/aromatic N) is 4. The summed E-state index contributed by atoms with van der Waals surface area (Å²) in [6, 6.07) is 8.91. The minimum Gasteiger partial charge on any atom is -0.369 e. The molecule has 1 aliphatic heterocycles. The van der Waals surface area contributed by atoms with E-state index in [4.69, 9.17) is 0 Å². The molecule has 1 saturated heterocycles. The van der Waals surface area contributed by atoms with Crippen LogP contribution in [-0.2, 0) is 13.6 Å². The predicted octanol–water partition coefficient (Wildman–Crippen LogP) is 2.52. The molecule has 1 aromatic carbocycles. The minimum atomic E-state index is 0.398. The summed E-state index contributed by atoms with van der Waals surface area (Å²) in [6.07, 6.45) is 4.96. The SMILES string of the molecule is CCNC(=NCc1cnn(C)c1)NC1CCN(c2ccc(Br)cc2)C1. The second kappa shape index (κ2) is 8.38. The molecule has 0 amide bonds. The Morgan fingerprint density at radius 3 is 2.84 bits per heavy atom. The molecule has 1 atom stereocenters. The van der Waals surface area contributed by atoms with E-state index in [0.29, 0.717) is 12.6 Å². The lowest BCUT2D eigenvalue weighted by molar-refractivity contribution is 0.649. The van der Waals surface area contributed by atoms with Gasteiger partial charge in [0.05, 0.1) is 12.7 Å². The van der Waals surface area contributed by atoms with E-state index in [0.717, 1.165) is 42.1 Å². The standard InChI is InChI=1S/C18H25BrN6/c1-3-20-18(21-10-14-11-22-24(2)12-14)23-16-8-9-25(13-16)17-6-4-15(19)5-7-17/h4-7,11-12,16H,3,8-10,13H2,1-2H3,(H2,20,21,23). The van der Waals surface area contributed by atoms with Crippen LogP contribution in [0.2, 0.25) is 0 Å². The van der Waals surface area contributed by atoms with Crippen LogP contribution >= 0.6 is 15.9 Å². The molecule has 1 aliphatic rings. The first-order chi connectivity index (χ1) is 12.1. The lowest BCUT2D eigenvalue weighted by atomic mass is 10.2. The molecule has 1 unspecified atom stereocenters. The van der Waals surface area contributed by atoms with Gasteiger partial charge in [0.15, 0.2) is 5.96 Å². The van der Waals surface area contributed by atoms with Crippen LogP contribution in [0.5, 0.6) is 0 Å². The maximum Gasteiger partial charge on any atom is 0.191 e. The summed E-state index contributed by atoms with van der Waals surface area (Å²) in [5.74, 6) is 0.869. The fourth-order valence-corrected chi connectivity index (χ4v) is 3.27. The molecule has 0 bridgehead atoms. The highest BCUT2D eigenvalue weighted by atomic mass is 79.9. The third-order valence-corrected chi connectivity index (χ3v) is 4.77. The van der Waals surface area contributed by atoms with Crippen molar-refractivity contribution in [1.29, 1.82) is 0 Å². The lowest BCUT2D eigenvalue weighted by Crippen LogP contribution is -2.44. The van der Waals surface area contributed by atoms with Gasteiger partial charge in [-0.1, -0.05) is 15.9 Å².